The minimum Gasteiger partial charge on any atom is -0.347 e. The lowest BCUT2D eigenvalue weighted by atomic mass is 9.83. The molecule has 3 rings (SSSR count). The van der Waals surface area contributed by atoms with Gasteiger partial charge >= 0.3 is 5.69 Å². The average Bonchev–Trinajstić information content (AvgIpc) is 3.09. The summed E-state index contributed by atoms with van der Waals surface area (Å²) in [6, 6.07) is 8.23. The molecular formula is C20H26N4O2S. The molecule has 0 saturated heterocycles. The third kappa shape index (κ3) is 3.74. The molecular weight excluding hydrogens is 360 g/mol. The van der Waals surface area contributed by atoms with Crippen LogP contribution >= 0.6 is 11.8 Å². The lowest BCUT2D eigenvalue weighted by Crippen LogP contribution is -2.24. The van der Waals surface area contributed by atoms with Crippen LogP contribution in [-0.4, -0.2) is 33.3 Å². The summed E-state index contributed by atoms with van der Waals surface area (Å²) in [5.74, 6) is 0.264. The van der Waals surface area contributed by atoms with E-state index in [1.54, 1.807) is 10.6 Å². The molecule has 0 unspecified atom stereocenters. The fourth-order valence-corrected chi connectivity index (χ4v) is 4.31. The summed E-state index contributed by atoms with van der Waals surface area (Å²) in [6.45, 7) is 6.97. The second kappa shape index (κ2) is 7.76. The van der Waals surface area contributed by atoms with Gasteiger partial charge in [-0.25, -0.2) is 9.89 Å². The number of hydrogen-bond donors (Lipinski definition) is 1. The molecule has 0 saturated carbocycles. The Morgan fingerprint density at radius 2 is 2.07 bits per heavy atom. The molecule has 144 valence electrons. The van der Waals surface area contributed by atoms with Gasteiger partial charge in [-0.05, 0) is 18.1 Å². The highest BCUT2D eigenvalue weighted by Crippen LogP contribution is 2.46. The first-order valence-corrected chi connectivity index (χ1v) is 10.2. The molecule has 0 amide bonds. The van der Waals surface area contributed by atoms with E-state index in [1.807, 2.05) is 19.2 Å². The number of anilines is 1. The van der Waals surface area contributed by atoms with Gasteiger partial charge in [0.1, 0.15) is 0 Å². The summed E-state index contributed by atoms with van der Waals surface area (Å²) in [5, 5.41) is 7.10. The highest BCUT2D eigenvalue weighted by atomic mass is 32.2. The SMILES string of the molecule is CCCCn1c(SCC(=O)/C=C2/N(C)c3ccccc3C2(C)C)n[nH]c1=O. The number of H-pyrrole nitrogens is 1. The van der Waals surface area contributed by atoms with Crippen molar-refractivity contribution in [2.24, 2.45) is 0 Å². The number of rotatable bonds is 7. The second-order valence-corrected chi connectivity index (χ2v) is 8.24. The topological polar surface area (TPSA) is 71.0 Å². The van der Waals surface area contributed by atoms with Crippen LogP contribution in [0.4, 0.5) is 5.69 Å². The number of benzene rings is 1. The van der Waals surface area contributed by atoms with Gasteiger partial charge in [-0.15, -0.1) is 5.10 Å². The average molecular weight is 387 g/mol. The number of allylic oxidation sites excluding steroid dienone is 2. The molecule has 0 atom stereocenters. The monoisotopic (exact) mass is 386 g/mol. The van der Waals surface area contributed by atoms with Gasteiger partial charge in [-0.2, -0.15) is 0 Å². The van der Waals surface area contributed by atoms with E-state index >= 15 is 0 Å². The van der Waals surface area contributed by atoms with E-state index in [0.717, 1.165) is 24.2 Å². The molecule has 1 N–H and O–H groups in total. The van der Waals surface area contributed by atoms with Crippen molar-refractivity contribution in [3.8, 4) is 0 Å². The van der Waals surface area contributed by atoms with Crippen LogP contribution in [0.15, 0.2) is 46.0 Å². The Morgan fingerprint density at radius 3 is 2.78 bits per heavy atom. The van der Waals surface area contributed by atoms with Gasteiger partial charge in [0.2, 0.25) is 0 Å². The van der Waals surface area contributed by atoms with Crippen LogP contribution in [0.2, 0.25) is 0 Å². The number of fused-ring (bicyclic) bond motifs is 1. The summed E-state index contributed by atoms with van der Waals surface area (Å²) in [5.41, 5.74) is 2.90. The number of aromatic amines is 1. The highest BCUT2D eigenvalue weighted by Gasteiger charge is 2.38. The van der Waals surface area contributed by atoms with E-state index < -0.39 is 0 Å². The quantitative estimate of drug-likeness (QED) is 0.584. The third-order valence-corrected chi connectivity index (χ3v) is 6.04. The maximum Gasteiger partial charge on any atom is 0.343 e. The van der Waals surface area contributed by atoms with Gasteiger partial charge in [0, 0.05) is 36.5 Å². The summed E-state index contributed by atoms with van der Waals surface area (Å²) in [7, 11) is 2.00. The Labute approximate surface area is 163 Å². The van der Waals surface area contributed by atoms with E-state index in [2.05, 4.69) is 48.0 Å². The van der Waals surface area contributed by atoms with Crippen molar-refractivity contribution in [2.45, 2.75) is 50.7 Å². The molecule has 0 radical (unpaired) electrons. The Kier molecular flexibility index (Phi) is 5.60. The molecule has 1 aromatic carbocycles. The molecule has 1 aromatic heterocycles. The summed E-state index contributed by atoms with van der Waals surface area (Å²) < 4.78 is 1.61. The van der Waals surface area contributed by atoms with Gasteiger partial charge in [0.25, 0.3) is 0 Å². The predicted octanol–water partition coefficient (Wildman–Crippen LogP) is 3.34. The molecule has 2 heterocycles. The number of hydrogen-bond acceptors (Lipinski definition) is 5. The number of aromatic nitrogens is 3. The fourth-order valence-electron chi connectivity index (χ4n) is 3.52. The van der Waals surface area contributed by atoms with Gasteiger partial charge in [0.05, 0.1) is 5.75 Å². The molecule has 0 bridgehead atoms. The smallest absolute Gasteiger partial charge is 0.343 e. The Morgan fingerprint density at radius 1 is 1.33 bits per heavy atom. The van der Waals surface area contributed by atoms with Crippen LogP contribution in [0.1, 0.15) is 39.2 Å². The Balaban J connectivity index is 1.74. The summed E-state index contributed by atoms with van der Waals surface area (Å²) >= 11 is 1.30. The lowest BCUT2D eigenvalue weighted by molar-refractivity contribution is -0.112. The van der Waals surface area contributed by atoms with Crippen molar-refractivity contribution in [3.63, 3.8) is 0 Å². The molecule has 27 heavy (non-hydrogen) atoms. The van der Waals surface area contributed by atoms with Gasteiger partial charge in [-0.3, -0.25) is 9.36 Å². The number of ketones is 1. The van der Waals surface area contributed by atoms with Gasteiger partial charge in [0.15, 0.2) is 10.9 Å². The van der Waals surface area contributed by atoms with Crippen LogP contribution in [0.25, 0.3) is 0 Å². The fraction of sp³-hybridized carbons (Fsp3) is 0.450. The van der Waals surface area contributed by atoms with Crippen molar-refractivity contribution in [2.75, 3.05) is 17.7 Å². The lowest BCUT2D eigenvalue weighted by Gasteiger charge is -2.23. The molecule has 0 aliphatic carbocycles. The van der Waals surface area contributed by atoms with Crippen molar-refractivity contribution in [1.29, 1.82) is 0 Å². The number of unbranched alkanes of at least 4 members (excludes halogenated alkanes) is 1. The van der Waals surface area contributed by atoms with Crippen molar-refractivity contribution >= 4 is 23.2 Å². The standard InChI is InChI=1S/C20H26N4O2S/c1-5-6-11-24-18(26)21-22-19(24)27-13-14(25)12-17-20(2,3)15-9-7-8-10-16(15)23(17)4/h7-10,12H,5-6,11,13H2,1-4H3,(H,21,26)/b17-12+. The molecule has 1 aliphatic heterocycles. The summed E-state index contributed by atoms with van der Waals surface area (Å²) in [6.07, 6.45) is 3.63. The zero-order valence-electron chi connectivity index (χ0n) is 16.3. The Bertz CT molecular complexity index is 926. The van der Waals surface area contributed by atoms with Crippen LogP contribution in [-0.2, 0) is 16.8 Å². The molecule has 0 fully saturated rings. The van der Waals surface area contributed by atoms with E-state index in [1.165, 1.54) is 17.3 Å². The number of carbonyl (C=O) groups excluding carboxylic acids is 1. The minimum atomic E-state index is -0.221. The number of para-hydroxylation sites is 1. The summed E-state index contributed by atoms with van der Waals surface area (Å²) in [4.78, 5) is 26.6. The molecule has 6 nitrogen and oxygen atoms in total. The number of likely N-dealkylation sites (N-methyl/N-ethyl adjacent to an activating group) is 1. The Hall–Kier alpha value is -2.28. The van der Waals surface area contributed by atoms with Crippen LogP contribution < -0.4 is 10.6 Å². The number of carbonyl (C=O) groups is 1. The van der Waals surface area contributed by atoms with E-state index in [0.29, 0.717) is 11.7 Å². The van der Waals surface area contributed by atoms with Crippen molar-refractivity contribution in [3.05, 3.63) is 52.1 Å². The van der Waals surface area contributed by atoms with Crippen molar-refractivity contribution < 1.29 is 4.79 Å². The highest BCUT2D eigenvalue weighted by molar-refractivity contribution is 7.99. The maximum absolute atomic E-state index is 12.6. The van der Waals surface area contributed by atoms with Crippen molar-refractivity contribution in [1.82, 2.24) is 14.8 Å². The number of nitrogens with one attached hydrogen (secondary N) is 1. The zero-order valence-corrected chi connectivity index (χ0v) is 17.1. The first kappa shape index (κ1) is 19.5. The van der Waals surface area contributed by atoms with E-state index in [9.17, 15) is 9.59 Å². The number of nitrogens with zero attached hydrogens (tertiary/aromatic N) is 3. The first-order chi connectivity index (χ1) is 12.9. The van der Waals surface area contributed by atoms with Gasteiger partial charge in [-0.1, -0.05) is 57.2 Å². The van der Waals surface area contributed by atoms with Gasteiger partial charge < -0.3 is 4.90 Å². The minimum absolute atomic E-state index is 0.0141. The zero-order chi connectivity index (χ0) is 19.6. The van der Waals surface area contributed by atoms with E-state index in [4.69, 9.17) is 0 Å². The van der Waals surface area contributed by atoms with Crippen LogP contribution in [0, 0.1) is 0 Å². The molecule has 1 aliphatic rings. The van der Waals surface area contributed by atoms with E-state index in [-0.39, 0.29) is 22.6 Å². The van der Waals surface area contributed by atoms with Crippen LogP contribution in [0.5, 0.6) is 0 Å². The largest absolute Gasteiger partial charge is 0.347 e. The maximum atomic E-state index is 12.6. The van der Waals surface area contributed by atoms with Crippen LogP contribution in [0.3, 0.4) is 0 Å². The molecule has 0 spiro atoms. The number of thioether (sulfide) groups is 1. The molecule has 7 heteroatoms. The second-order valence-electron chi connectivity index (χ2n) is 7.30. The molecule has 2 aromatic rings. The first-order valence-electron chi connectivity index (χ1n) is 9.22. The third-order valence-electron chi connectivity index (χ3n) is 5.04. The normalized spacial score (nSPS) is 16.7. The predicted molar refractivity (Wildman–Crippen MR) is 109 cm³/mol.